The van der Waals surface area contributed by atoms with Crippen molar-refractivity contribution in [2.75, 3.05) is 20.2 Å². The van der Waals surface area contributed by atoms with E-state index in [0.29, 0.717) is 0 Å². The Labute approximate surface area is 105 Å². The summed E-state index contributed by atoms with van der Waals surface area (Å²) in [7, 11) is 1.69. The van der Waals surface area contributed by atoms with Crippen LogP contribution in [0.2, 0.25) is 0 Å². The van der Waals surface area contributed by atoms with Gasteiger partial charge in [0.2, 0.25) is 0 Å². The van der Waals surface area contributed by atoms with Gasteiger partial charge in [-0.25, -0.2) is 0 Å². The van der Waals surface area contributed by atoms with Gasteiger partial charge in [-0.1, -0.05) is 25.1 Å². The molecule has 1 rings (SSSR count). The van der Waals surface area contributed by atoms with Crippen molar-refractivity contribution in [3.8, 4) is 5.75 Å². The first-order chi connectivity index (χ1) is 8.27. The van der Waals surface area contributed by atoms with E-state index in [1.165, 1.54) is 17.6 Å². The van der Waals surface area contributed by atoms with Crippen LogP contribution in [0.25, 0.3) is 5.57 Å². The van der Waals surface area contributed by atoms with Crippen molar-refractivity contribution >= 4 is 5.57 Å². The lowest BCUT2D eigenvalue weighted by Crippen LogP contribution is -2.15. The Kier molecular flexibility index (Phi) is 6.41. The normalized spacial score (nSPS) is 11.6. The second-order valence-electron chi connectivity index (χ2n) is 4.15. The van der Waals surface area contributed by atoms with E-state index in [2.05, 4.69) is 37.4 Å². The first-order valence-electron chi connectivity index (χ1n) is 6.29. The van der Waals surface area contributed by atoms with Gasteiger partial charge in [0.05, 0.1) is 7.11 Å². The van der Waals surface area contributed by atoms with Crippen LogP contribution in [-0.4, -0.2) is 20.2 Å². The highest BCUT2D eigenvalue weighted by Gasteiger charge is 1.96. The molecule has 0 aromatic heterocycles. The summed E-state index contributed by atoms with van der Waals surface area (Å²) >= 11 is 0. The van der Waals surface area contributed by atoms with E-state index in [1.807, 2.05) is 12.1 Å². The maximum atomic E-state index is 5.14. The predicted molar refractivity (Wildman–Crippen MR) is 74.4 cm³/mol. The molecule has 0 fully saturated rings. The van der Waals surface area contributed by atoms with Gasteiger partial charge in [-0.2, -0.15) is 0 Å². The van der Waals surface area contributed by atoms with Crippen molar-refractivity contribution in [3.63, 3.8) is 0 Å². The van der Waals surface area contributed by atoms with Gasteiger partial charge < -0.3 is 10.1 Å². The standard InChI is InChI=1S/C15H23NO/c1-4-11-16-12-5-6-13(2)14-7-9-15(17-3)10-8-14/h6-10,16H,4-5,11-12H2,1-3H3. The highest BCUT2D eigenvalue weighted by molar-refractivity contribution is 5.64. The third-order valence-electron chi connectivity index (χ3n) is 2.74. The van der Waals surface area contributed by atoms with Crippen LogP contribution >= 0.6 is 0 Å². The van der Waals surface area contributed by atoms with Gasteiger partial charge >= 0.3 is 0 Å². The highest BCUT2D eigenvalue weighted by Crippen LogP contribution is 2.18. The summed E-state index contributed by atoms with van der Waals surface area (Å²) in [5, 5.41) is 3.40. The maximum absolute atomic E-state index is 5.14. The number of hydrogen-bond acceptors (Lipinski definition) is 2. The molecule has 0 spiro atoms. The molecule has 1 N–H and O–H groups in total. The molecule has 2 heteroatoms. The monoisotopic (exact) mass is 233 g/mol. The van der Waals surface area contributed by atoms with Crippen molar-refractivity contribution in [1.82, 2.24) is 5.32 Å². The first-order valence-corrected chi connectivity index (χ1v) is 6.29. The summed E-state index contributed by atoms with van der Waals surface area (Å²) in [6.45, 7) is 6.50. The Bertz CT molecular complexity index is 340. The van der Waals surface area contributed by atoms with Crippen molar-refractivity contribution in [2.24, 2.45) is 0 Å². The highest BCUT2D eigenvalue weighted by atomic mass is 16.5. The van der Waals surface area contributed by atoms with Crippen LogP contribution in [0.15, 0.2) is 30.3 Å². The fraction of sp³-hybridized carbons (Fsp3) is 0.467. The lowest BCUT2D eigenvalue weighted by Gasteiger charge is -2.04. The quantitative estimate of drug-likeness (QED) is 0.728. The molecule has 0 bridgehead atoms. The van der Waals surface area contributed by atoms with Gasteiger partial charge in [0.1, 0.15) is 5.75 Å². The first kappa shape index (κ1) is 13.8. The van der Waals surface area contributed by atoms with E-state index >= 15 is 0 Å². The lowest BCUT2D eigenvalue weighted by atomic mass is 10.1. The number of ether oxygens (including phenoxy) is 1. The average molecular weight is 233 g/mol. The molecule has 1 aromatic carbocycles. The molecule has 0 aliphatic carbocycles. The van der Waals surface area contributed by atoms with Crippen molar-refractivity contribution < 1.29 is 4.74 Å². The maximum Gasteiger partial charge on any atom is 0.118 e. The third kappa shape index (κ3) is 5.05. The van der Waals surface area contributed by atoms with Gasteiger partial charge in [0.25, 0.3) is 0 Å². The van der Waals surface area contributed by atoms with Gasteiger partial charge in [-0.15, -0.1) is 0 Å². The molecule has 0 unspecified atom stereocenters. The van der Waals surface area contributed by atoms with Crippen LogP contribution in [0.3, 0.4) is 0 Å². The zero-order chi connectivity index (χ0) is 12.5. The fourth-order valence-electron chi connectivity index (χ4n) is 1.66. The van der Waals surface area contributed by atoms with Crippen LogP contribution in [0, 0.1) is 0 Å². The van der Waals surface area contributed by atoms with Crippen molar-refractivity contribution in [3.05, 3.63) is 35.9 Å². The van der Waals surface area contributed by atoms with Crippen LogP contribution in [0.1, 0.15) is 32.3 Å². The summed E-state index contributed by atoms with van der Waals surface area (Å²) in [4.78, 5) is 0. The Morgan fingerprint density at radius 2 is 1.94 bits per heavy atom. The second kappa shape index (κ2) is 7.91. The topological polar surface area (TPSA) is 21.3 Å². The van der Waals surface area contributed by atoms with Crippen LogP contribution in [-0.2, 0) is 0 Å². The number of benzene rings is 1. The summed E-state index contributed by atoms with van der Waals surface area (Å²) in [6, 6.07) is 8.21. The van der Waals surface area contributed by atoms with E-state index in [0.717, 1.165) is 25.3 Å². The van der Waals surface area contributed by atoms with Crippen molar-refractivity contribution in [2.45, 2.75) is 26.7 Å². The smallest absolute Gasteiger partial charge is 0.118 e. The van der Waals surface area contributed by atoms with Gasteiger partial charge in [-0.3, -0.25) is 0 Å². The minimum Gasteiger partial charge on any atom is -0.497 e. The average Bonchev–Trinajstić information content (AvgIpc) is 2.38. The molecule has 94 valence electrons. The van der Waals surface area contributed by atoms with Crippen LogP contribution in [0.5, 0.6) is 5.75 Å². The minimum absolute atomic E-state index is 0.908. The predicted octanol–water partition coefficient (Wildman–Crippen LogP) is 3.49. The molecule has 17 heavy (non-hydrogen) atoms. The van der Waals surface area contributed by atoms with E-state index in [9.17, 15) is 0 Å². The Hall–Kier alpha value is -1.28. The molecule has 0 atom stereocenters. The van der Waals surface area contributed by atoms with E-state index < -0.39 is 0 Å². The molecule has 0 aliphatic heterocycles. The lowest BCUT2D eigenvalue weighted by molar-refractivity contribution is 0.415. The SMILES string of the molecule is CCCNCCC=C(C)c1ccc(OC)cc1. The molecule has 0 amide bonds. The molecule has 2 nitrogen and oxygen atoms in total. The third-order valence-corrected chi connectivity index (χ3v) is 2.74. The van der Waals surface area contributed by atoms with Gasteiger partial charge in [0.15, 0.2) is 0 Å². The Morgan fingerprint density at radius 3 is 2.53 bits per heavy atom. The Balaban J connectivity index is 2.44. The zero-order valence-corrected chi connectivity index (χ0v) is 11.1. The van der Waals surface area contributed by atoms with Crippen LogP contribution < -0.4 is 10.1 Å². The van der Waals surface area contributed by atoms with E-state index in [1.54, 1.807) is 7.11 Å². The largest absolute Gasteiger partial charge is 0.497 e. The number of hydrogen-bond donors (Lipinski definition) is 1. The molecular weight excluding hydrogens is 210 g/mol. The zero-order valence-electron chi connectivity index (χ0n) is 11.1. The summed E-state index contributed by atoms with van der Waals surface area (Å²) in [6.07, 6.45) is 4.56. The molecule has 0 aliphatic rings. The molecule has 0 saturated carbocycles. The number of methoxy groups -OCH3 is 1. The van der Waals surface area contributed by atoms with Crippen molar-refractivity contribution in [1.29, 1.82) is 0 Å². The van der Waals surface area contributed by atoms with Gasteiger partial charge in [-0.05, 0) is 56.1 Å². The second-order valence-corrected chi connectivity index (χ2v) is 4.15. The fourth-order valence-corrected chi connectivity index (χ4v) is 1.66. The summed E-state index contributed by atoms with van der Waals surface area (Å²) in [5.41, 5.74) is 2.59. The number of rotatable bonds is 7. The molecule has 0 saturated heterocycles. The molecule has 1 aromatic rings. The molecule has 0 heterocycles. The molecule has 0 radical (unpaired) electrons. The number of nitrogens with one attached hydrogen (secondary N) is 1. The summed E-state index contributed by atoms with van der Waals surface area (Å²) < 4.78 is 5.14. The van der Waals surface area contributed by atoms with Gasteiger partial charge in [0, 0.05) is 0 Å². The number of allylic oxidation sites excluding steroid dienone is 1. The minimum atomic E-state index is 0.908. The molecular formula is C15H23NO. The van der Waals surface area contributed by atoms with Crippen LogP contribution in [0.4, 0.5) is 0 Å². The summed E-state index contributed by atoms with van der Waals surface area (Å²) in [5.74, 6) is 0.908. The van der Waals surface area contributed by atoms with E-state index in [-0.39, 0.29) is 0 Å². The Morgan fingerprint density at radius 1 is 1.24 bits per heavy atom. The van der Waals surface area contributed by atoms with E-state index in [4.69, 9.17) is 4.74 Å².